The first kappa shape index (κ1) is 20.2. The monoisotopic (exact) mass is 385 g/mol. The molecule has 1 aliphatic carbocycles. The fraction of sp³-hybridized carbons (Fsp3) is 0.545. The first-order chi connectivity index (χ1) is 13.3. The molecule has 0 spiro atoms. The van der Waals surface area contributed by atoms with E-state index in [1.165, 1.54) is 0 Å². The second-order valence-corrected chi connectivity index (χ2v) is 8.04. The lowest BCUT2D eigenvalue weighted by Gasteiger charge is -2.36. The Balaban J connectivity index is 1.92. The van der Waals surface area contributed by atoms with E-state index in [1.807, 2.05) is 68.7 Å². The maximum absolute atomic E-state index is 13.2. The lowest BCUT2D eigenvalue weighted by molar-refractivity contribution is 0.119. The highest BCUT2D eigenvalue weighted by Gasteiger charge is 2.36. The lowest BCUT2D eigenvalue weighted by Crippen LogP contribution is -2.50. The van der Waals surface area contributed by atoms with Gasteiger partial charge in [-0.2, -0.15) is 0 Å². The van der Waals surface area contributed by atoms with Crippen LogP contribution in [0.1, 0.15) is 53.0 Å². The van der Waals surface area contributed by atoms with Gasteiger partial charge in [-0.1, -0.05) is 0 Å². The number of fused-ring (bicyclic) bond motifs is 1. The van der Waals surface area contributed by atoms with Crippen LogP contribution in [-0.4, -0.2) is 45.5 Å². The molecule has 0 radical (unpaired) electrons. The molecule has 0 bridgehead atoms. The first-order valence-corrected chi connectivity index (χ1v) is 10.2. The number of nitrogens with one attached hydrogen (secondary N) is 1. The second kappa shape index (κ2) is 8.25. The van der Waals surface area contributed by atoms with Gasteiger partial charge < -0.3 is 19.5 Å². The number of benzene rings is 1. The molecule has 152 valence electrons. The Labute approximate surface area is 166 Å². The summed E-state index contributed by atoms with van der Waals surface area (Å²) in [6.45, 7) is 11.0. The van der Waals surface area contributed by atoms with E-state index in [2.05, 4.69) is 4.98 Å². The number of aromatic nitrogens is 1. The maximum Gasteiger partial charge on any atom is 0.321 e. The van der Waals surface area contributed by atoms with Crippen LogP contribution in [0.4, 0.5) is 4.79 Å². The number of carbonyl (C=O) groups is 1. The van der Waals surface area contributed by atoms with Gasteiger partial charge in [0.1, 0.15) is 5.75 Å². The van der Waals surface area contributed by atoms with Crippen LogP contribution >= 0.6 is 0 Å². The summed E-state index contributed by atoms with van der Waals surface area (Å²) in [6.07, 6.45) is 1.99. The second-order valence-electron chi connectivity index (χ2n) is 8.04. The molecule has 3 rings (SSSR count). The Bertz CT molecular complexity index is 892. The van der Waals surface area contributed by atoms with Gasteiger partial charge >= 0.3 is 6.03 Å². The predicted molar refractivity (Wildman–Crippen MR) is 112 cm³/mol. The molecule has 0 unspecified atom stereocenters. The standard InChI is InChI=1S/C22H31N3O3/c1-6-28-19-9-10-20-16(12-19)11-17(21(26)23-20)13-24(18-7-8-18)22(27)25(14(2)3)15(4)5/h9-12,14-15,18H,6-8,13H2,1-5H3,(H,23,26). The number of carbonyl (C=O) groups excluding carboxylic acids is 1. The van der Waals surface area contributed by atoms with Gasteiger partial charge in [0, 0.05) is 34.6 Å². The highest BCUT2D eigenvalue weighted by Crippen LogP contribution is 2.30. The number of nitrogens with zero attached hydrogens (tertiary/aromatic N) is 2. The SMILES string of the molecule is CCOc1ccc2[nH]c(=O)c(CN(C(=O)N(C(C)C)C(C)C)C3CC3)cc2c1. The van der Waals surface area contributed by atoms with E-state index in [9.17, 15) is 9.59 Å². The van der Waals surface area contributed by atoms with Crippen LogP contribution in [0.25, 0.3) is 10.9 Å². The van der Waals surface area contributed by atoms with Gasteiger partial charge in [-0.05, 0) is 71.7 Å². The van der Waals surface area contributed by atoms with Gasteiger partial charge in [0.2, 0.25) is 0 Å². The number of hydrogen-bond donors (Lipinski definition) is 1. The molecule has 1 aromatic carbocycles. The smallest absolute Gasteiger partial charge is 0.321 e. The van der Waals surface area contributed by atoms with Crippen molar-refractivity contribution in [3.8, 4) is 5.75 Å². The van der Waals surface area contributed by atoms with Crippen LogP contribution < -0.4 is 10.3 Å². The first-order valence-electron chi connectivity index (χ1n) is 10.2. The van der Waals surface area contributed by atoms with Crippen LogP contribution in [0, 0.1) is 0 Å². The molecule has 2 amide bonds. The third kappa shape index (κ3) is 4.32. The number of rotatable bonds is 7. The number of amides is 2. The minimum atomic E-state index is -0.143. The molecule has 1 N–H and O–H groups in total. The molecule has 1 aliphatic rings. The van der Waals surface area contributed by atoms with Gasteiger partial charge in [0.15, 0.2) is 0 Å². The van der Waals surface area contributed by atoms with Crippen molar-refractivity contribution in [2.75, 3.05) is 6.61 Å². The van der Waals surface area contributed by atoms with Crippen molar-refractivity contribution in [2.24, 2.45) is 0 Å². The molecule has 6 nitrogen and oxygen atoms in total. The summed E-state index contributed by atoms with van der Waals surface area (Å²) in [5.74, 6) is 0.772. The van der Waals surface area contributed by atoms with E-state index < -0.39 is 0 Å². The normalized spacial score (nSPS) is 14.0. The Morgan fingerprint density at radius 1 is 1.18 bits per heavy atom. The van der Waals surface area contributed by atoms with Crippen LogP contribution in [0.15, 0.2) is 29.1 Å². The van der Waals surface area contributed by atoms with Gasteiger partial charge in [-0.25, -0.2) is 4.79 Å². The summed E-state index contributed by atoms with van der Waals surface area (Å²) in [4.78, 5) is 32.6. The van der Waals surface area contributed by atoms with Crippen molar-refractivity contribution in [2.45, 2.75) is 72.1 Å². The van der Waals surface area contributed by atoms with Crippen LogP contribution in [0.3, 0.4) is 0 Å². The topological polar surface area (TPSA) is 65.6 Å². The molecule has 0 aliphatic heterocycles. The van der Waals surface area contributed by atoms with E-state index >= 15 is 0 Å². The van der Waals surface area contributed by atoms with E-state index in [4.69, 9.17) is 4.74 Å². The Morgan fingerprint density at radius 3 is 2.43 bits per heavy atom. The number of H-pyrrole nitrogens is 1. The van der Waals surface area contributed by atoms with Crippen molar-refractivity contribution in [3.05, 3.63) is 40.2 Å². The van der Waals surface area contributed by atoms with Crippen molar-refractivity contribution in [1.29, 1.82) is 0 Å². The van der Waals surface area contributed by atoms with Gasteiger partial charge in [0.25, 0.3) is 5.56 Å². The third-order valence-corrected chi connectivity index (χ3v) is 5.11. The van der Waals surface area contributed by atoms with Crippen LogP contribution in [0.2, 0.25) is 0 Å². The molecule has 0 saturated heterocycles. The van der Waals surface area contributed by atoms with Crippen LogP contribution in [-0.2, 0) is 6.54 Å². The summed E-state index contributed by atoms with van der Waals surface area (Å²) < 4.78 is 5.57. The largest absolute Gasteiger partial charge is 0.494 e. The molecule has 1 aromatic heterocycles. The molecule has 1 fully saturated rings. The quantitative estimate of drug-likeness (QED) is 0.779. The number of pyridine rings is 1. The molecule has 1 heterocycles. The highest BCUT2D eigenvalue weighted by atomic mass is 16.5. The summed E-state index contributed by atoms with van der Waals surface area (Å²) in [7, 11) is 0. The molecule has 1 saturated carbocycles. The zero-order valence-electron chi connectivity index (χ0n) is 17.5. The summed E-state index contributed by atoms with van der Waals surface area (Å²) in [5.41, 5.74) is 1.23. The molecule has 0 atom stereocenters. The van der Waals surface area contributed by atoms with Crippen LogP contribution in [0.5, 0.6) is 5.75 Å². The highest BCUT2D eigenvalue weighted by molar-refractivity contribution is 5.81. The summed E-state index contributed by atoms with van der Waals surface area (Å²) in [6, 6.07) is 7.96. The molecule has 28 heavy (non-hydrogen) atoms. The summed E-state index contributed by atoms with van der Waals surface area (Å²) in [5, 5.41) is 0.910. The van der Waals surface area contributed by atoms with E-state index in [-0.39, 0.29) is 29.7 Å². The molecular formula is C22H31N3O3. The van der Waals surface area contributed by atoms with E-state index in [0.29, 0.717) is 18.7 Å². The lowest BCUT2D eigenvalue weighted by atomic mass is 10.1. The zero-order valence-corrected chi connectivity index (χ0v) is 17.5. The minimum absolute atomic E-state index is 0.00932. The zero-order chi connectivity index (χ0) is 20.4. The van der Waals surface area contributed by atoms with Crippen molar-refractivity contribution >= 4 is 16.9 Å². The Kier molecular flexibility index (Phi) is 5.96. The maximum atomic E-state index is 13.2. The number of urea groups is 1. The summed E-state index contributed by atoms with van der Waals surface area (Å²) >= 11 is 0. The van der Waals surface area contributed by atoms with Gasteiger partial charge in [-0.3, -0.25) is 4.79 Å². The average molecular weight is 386 g/mol. The fourth-order valence-electron chi connectivity index (χ4n) is 3.71. The van der Waals surface area contributed by atoms with Crippen molar-refractivity contribution < 1.29 is 9.53 Å². The number of ether oxygens (including phenoxy) is 1. The van der Waals surface area contributed by atoms with Gasteiger partial charge in [0.05, 0.1) is 13.2 Å². The molecule has 6 heteroatoms. The molecular weight excluding hydrogens is 354 g/mol. The number of hydrogen-bond acceptors (Lipinski definition) is 3. The average Bonchev–Trinajstić information content (AvgIpc) is 3.44. The van der Waals surface area contributed by atoms with E-state index in [1.54, 1.807) is 0 Å². The Hall–Kier alpha value is -2.50. The molecule has 2 aromatic rings. The van der Waals surface area contributed by atoms with Crippen molar-refractivity contribution in [1.82, 2.24) is 14.8 Å². The third-order valence-electron chi connectivity index (χ3n) is 5.11. The predicted octanol–water partition coefficient (Wildman–Crippen LogP) is 4.13. The van der Waals surface area contributed by atoms with Gasteiger partial charge in [-0.15, -0.1) is 0 Å². The minimum Gasteiger partial charge on any atom is -0.494 e. The van der Waals surface area contributed by atoms with Crippen molar-refractivity contribution in [3.63, 3.8) is 0 Å². The van der Waals surface area contributed by atoms with E-state index in [0.717, 1.165) is 29.5 Å². The number of aromatic amines is 1. The Morgan fingerprint density at radius 2 is 1.86 bits per heavy atom. The fourth-order valence-corrected chi connectivity index (χ4v) is 3.71.